The van der Waals surface area contributed by atoms with E-state index in [1.54, 1.807) is 11.8 Å². The summed E-state index contributed by atoms with van der Waals surface area (Å²) in [7, 11) is 0. The van der Waals surface area contributed by atoms with Crippen molar-refractivity contribution in [2.24, 2.45) is 0 Å². The van der Waals surface area contributed by atoms with Gasteiger partial charge in [0.2, 0.25) is 5.91 Å². The number of hydrogen-bond donors (Lipinski definition) is 2. The summed E-state index contributed by atoms with van der Waals surface area (Å²) in [6.07, 6.45) is 4.33. The lowest BCUT2D eigenvalue weighted by molar-refractivity contribution is -0.123. The highest BCUT2D eigenvalue weighted by atomic mass is 32.2. The molecule has 3 atom stereocenters. The monoisotopic (exact) mass is 260 g/mol. The van der Waals surface area contributed by atoms with Crippen LogP contribution in [0.1, 0.15) is 26.7 Å². The second-order valence-corrected chi connectivity index (χ2v) is 5.85. The number of carbonyl (C=O) groups excluding carboxylic acids is 1. The molecule has 0 spiro atoms. The number of likely N-dealkylation sites (tertiary alicyclic amines) is 1. The van der Waals surface area contributed by atoms with Crippen molar-refractivity contribution in [2.45, 2.75) is 44.0 Å². The Hall–Kier alpha value is -0.260. The van der Waals surface area contributed by atoms with E-state index in [1.807, 2.05) is 13.2 Å². The Morgan fingerprint density at radius 2 is 2.35 bits per heavy atom. The van der Waals surface area contributed by atoms with Crippen LogP contribution in [0.5, 0.6) is 0 Å². The van der Waals surface area contributed by atoms with E-state index < -0.39 is 0 Å². The van der Waals surface area contributed by atoms with Gasteiger partial charge in [0.05, 0.1) is 13.2 Å². The first-order chi connectivity index (χ1) is 8.08. The molecule has 4 nitrogen and oxygen atoms in total. The Labute approximate surface area is 108 Å². The first-order valence-electron chi connectivity index (χ1n) is 6.25. The molecule has 1 fully saturated rings. The fourth-order valence-corrected chi connectivity index (χ4v) is 2.87. The van der Waals surface area contributed by atoms with Gasteiger partial charge in [0.25, 0.3) is 0 Å². The zero-order valence-corrected chi connectivity index (χ0v) is 11.8. The average molecular weight is 260 g/mol. The van der Waals surface area contributed by atoms with Crippen LogP contribution in [0.25, 0.3) is 0 Å². The predicted molar refractivity (Wildman–Crippen MR) is 72.3 cm³/mol. The van der Waals surface area contributed by atoms with Gasteiger partial charge in [-0.15, -0.1) is 0 Å². The summed E-state index contributed by atoms with van der Waals surface area (Å²) in [6, 6.07) is 0.533. The molecule has 100 valence electrons. The van der Waals surface area contributed by atoms with Gasteiger partial charge in [0, 0.05) is 17.3 Å². The fraction of sp³-hybridized carbons (Fsp3) is 0.917. The third-order valence-electron chi connectivity index (χ3n) is 3.47. The van der Waals surface area contributed by atoms with Crippen molar-refractivity contribution in [1.29, 1.82) is 0 Å². The molecule has 1 aliphatic rings. The van der Waals surface area contributed by atoms with E-state index in [4.69, 9.17) is 5.11 Å². The van der Waals surface area contributed by atoms with E-state index >= 15 is 0 Å². The van der Waals surface area contributed by atoms with Gasteiger partial charge in [0.1, 0.15) is 0 Å². The first kappa shape index (κ1) is 14.8. The van der Waals surface area contributed by atoms with Crippen LogP contribution in [0.3, 0.4) is 0 Å². The van der Waals surface area contributed by atoms with Gasteiger partial charge >= 0.3 is 0 Å². The largest absolute Gasteiger partial charge is 0.395 e. The summed E-state index contributed by atoms with van der Waals surface area (Å²) < 4.78 is 0. The molecule has 1 amide bonds. The highest BCUT2D eigenvalue weighted by Gasteiger charge is 2.24. The minimum atomic E-state index is 0.0143. The summed E-state index contributed by atoms with van der Waals surface area (Å²) in [4.78, 5) is 14.1. The van der Waals surface area contributed by atoms with E-state index in [9.17, 15) is 4.79 Å². The molecular formula is C12H24N2O2S. The molecule has 1 heterocycles. The topological polar surface area (TPSA) is 52.6 Å². The Balaban J connectivity index is 2.33. The van der Waals surface area contributed by atoms with Crippen LogP contribution in [0.15, 0.2) is 0 Å². The third-order valence-corrected chi connectivity index (χ3v) is 4.63. The second kappa shape index (κ2) is 7.24. The highest BCUT2D eigenvalue weighted by molar-refractivity contribution is 7.99. The molecule has 17 heavy (non-hydrogen) atoms. The van der Waals surface area contributed by atoms with Crippen LogP contribution in [0.4, 0.5) is 0 Å². The van der Waals surface area contributed by atoms with Crippen LogP contribution < -0.4 is 5.32 Å². The Kier molecular flexibility index (Phi) is 6.30. The van der Waals surface area contributed by atoms with Gasteiger partial charge in [0.15, 0.2) is 0 Å². The maximum atomic E-state index is 11.8. The molecule has 0 aromatic heterocycles. The number of aliphatic hydroxyl groups excluding tert-OH is 1. The van der Waals surface area contributed by atoms with Crippen molar-refractivity contribution >= 4 is 17.7 Å². The second-order valence-electron chi connectivity index (χ2n) is 4.77. The van der Waals surface area contributed by atoms with E-state index in [-0.39, 0.29) is 23.8 Å². The van der Waals surface area contributed by atoms with Gasteiger partial charge in [-0.1, -0.05) is 0 Å². The van der Waals surface area contributed by atoms with Crippen molar-refractivity contribution in [3.63, 3.8) is 0 Å². The minimum absolute atomic E-state index is 0.0143. The van der Waals surface area contributed by atoms with E-state index in [1.165, 1.54) is 12.8 Å². The predicted octanol–water partition coefficient (Wildman–Crippen LogP) is 0.699. The van der Waals surface area contributed by atoms with Crippen LogP contribution >= 0.6 is 11.8 Å². The van der Waals surface area contributed by atoms with Crippen molar-refractivity contribution in [2.75, 3.05) is 26.0 Å². The average Bonchev–Trinajstić information content (AvgIpc) is 2.66. The highest BCUT2D eigenvalue weighted by Crippen LogP contribution is 2.15. The van der Waals surface area contributed by atoms with Gasteiger partial charge in [-0.3, -0.25) is 9.69 Å². The number of hydrogen-bond acceptors (Lipinski definition) is 4. The quantitative estimate of drug-likeness (QED) is 0.738. The first-order valence-corrected chi connectivity index (χ1v) is 7.54. The van der Waals surface area contributed by atoms with Crippen LogP contribution in [-0.2, 0) is 4.79 Å². The number of rotatable bonds is 6. The molecule has 0 aliphatic carbocycles. The summed E-state index contributed by atoms with van der Waals surface area (Å²) in [5.74, 6) is 0.0683. The van der Waals surface area contributed by atoms with Crippen LogP contribution in [-0.4, -0.2) is 59.2 Å². The molecule has 1 rings (SSSR count). The van der Waals surface area contributed by atoms with Crippen molar-refractivity contribution in [1.82, 2.24) is 10.2 Å². The molecule has 0 radical (unpaired) electrons. The summed E-state index contributed by atoms with van der Waals surface area (Å²) in [5, 5.41) is 12.2. The molecule has 3 unspecified atom stereocenters. The molecule has 1 saturated heterocycles. The Bertz CT molecular complexity index is 247. The number of amides is 1. The van der Waals surface area contributed by atoms with Gasteiger partial charge in [-0.2, -0.15) is 11.8 Å². The Morgan fingerprint density at radius 3 is 2.82 bits per heavy atom. The fourth-order valence-electron chi connectivity index (χ4n) is 2.24. The van der Waals surface area contributed by atoms with E-state index in [0.29, 0.717) is 12.6 Å². The van der Waals surface area contributed by atoms with E-state index in [2.05, 4.69) is 17.1 Å². The number of nitrogens with zero attached hydrogens (tertiary/aromatic N) is 1. The van der Waals surface area contributed by atoms with E-state index in [0.717, 1.165) is 6.54 Å². The normalized spacial score (nSPS) is 24.6. The lowest BCUT2D eigenvalue weighted by atomic mass is 10.2. The summed E-state index contributed by atoms with van der Waals surface area (Å²) in [6.45, 7) is 5.72. The summed E-state index contributed by atoms with van der Waals surface area (Å²) >= 11 is 1.58. The number of thioether (sulfide) groups is 1. The van der Waals surface area contributed by atoms with Crippen molar-refractivity contribution in [3.8, 4) is 0 Å². The van der Waals surface area contributed by atoms with Crippen LogP contribution in [0, 0.1) is 0 Å². The molecule has 0 saturated carbocycles. The number of nitrogens with one attached hydrogen (secondary N) is 1. The lowest BCUT2D eigenvalue weighted by Crippen LogP contribution is -2.46. The van der Waals surface area contributed by atoms with Gasteiger partial charge < -0.3 is 10.4 Å². The molecule has 5 heteroatoms. The number of aliphatic hydroxyl groups is 1. The molecule has 1 aliphatic heterocycles. The zero-order valence-electron chi connectivity index (χ0n) is 11.0. The molecule has 0 bridgehead atoms. The molecule has 2 N–H and O–H groups in total. The smallest absolute Gasteiger partial charge is 0.234 e. The molecule has 0 aromatic rings. The Morgan fingerprint density at radius 1 is 1.65 bits per heavy atom. The van der Waals surface area contributed by atoms with Crippen molar-refractivity contribution in [3.05, 3.63) is 0 Å². The standard InChI is InChI=1S/C12H24N2O2S/c1-9-5-4-6-14(9)7-12(16)13-10(2)11(8-15)17-3/h9-11,15H,4-8H2,1-3H3,(H,13,16). The van der Waals surface area contributed by atoms with Crippen LogP contribution in [0.2, 0.25) is 0 Å². The third kappa shape index (κ3) is 4.48. The zero-order chi connectivity index (χ0) is 12.8. The SMILES string of the molecule is CSC(CO)C(C)NC(=O)CN1CCCC1C. The summed E-state index contributed by atoms with van der Waals surface area (Å²) in [5.41, 5.74) is 0. The maximum Gasteiger partial charge on any atom is 0.234 e. The van der Waals surface area contributed by atoms with Gasteiger partial charge in [-0.25, -0.2) is 0 Å². The lowest BCUT2D eigenvalue weighted by Gasteiger charge is -2.24. The van der Waals surface area contributed by atoms with Crippen molar-refractivity contribution < 1.29 is 9.90 Å². The molecule has 0 aromatic carbocycles. The molecular weight excluding hydrogens is 236 g/mol. The minimum Gasteiger partial charge on any atom is -0.395 e. The number of carbonyl (C=O) groups is 1. The van der Waals surface area contributed by atoms with Gasteiger partial charge in [-0.05, 0) is 39.5 Å². The maximum absolute atomic E-state index is 11.8.